The number of rotatable bonds is 3. The first-order valence-corrected chi connectivity index (χ1v) is 8.68. The van der Waals surface area contributed by atoms with Crippen LogP contribution < -0.4 is 0 Å². The highest BCUT2D eigenvalue weighted by atomic mass is 16.3. The molecule has 2 aliphatic rings. The summed E-state index contributed by atoms with van der Waals surface area (Å²) in [6, 6.07) is 5.55. The Kier molecular flexibility index (Phi) is 4.03. The molecule has 0 unspecified atom stereocenters. The number of piperidine rings is 1. The van der Waals surface area contributed by atoms with Gasteiger partial charge in [-0.25, -0.2) is 0 Å². The van der Waals surface area contributed by atoms with Crippen LogP contribution in [-0.2, 0) is 11.3 Å². The molecule has 2 fully saturated rings. The Bertz CT molecular complexity index is 759. The summed E-state index contributed by atoms with van der Waals surface area (Å²) in [6.07, 6.45) is 8.99. The Hall–Kier alpha value is -2.63. The topological polar surface area (TPSA) is 66.7 Å². The number of furan rings is 1. The fourth-order valence-corrected chi connectivity index (χ4v) is 4.00. The van der Waals surface area contributed by atoms with E-state index in [0.717, 1.165) is 31.4 Å². The molecule has 1 spiro atoms. The van der Waals surface area contributed by atoms with Gasteiger partial charge in [0.05, 0.1) is 17.2 Å². The Balaban J connectivity index is 1.48. The lowest BCUT2D eigenvalue weighted by molar-refractivity contribution is -0.138. The van der Waals surface area contributed by atoms with Crippen molar-refractivity contribution in [3.8, 4) is 0 Å². The summed E-state index contributed by atoms with van der Waals surface area (Å²) in [6.45, 7) is 2.56. The number of hydrogen-bond donors (Lipinski definition) is 0. The van der Waals surface area contributed by atoms with Crippen LogP contribution in [0.25, 0.3) is 0 Å². The van der Waals surface area contributed by atoms with Gasteiger partial charge in [-0.05, 0) is 43.0 Å². The number of likely N-dealkylation sites (tertiary alicyclic amines) is 2. The predicted molar refractivity (Wildman–Crippen MR) is 90.5 cm³/mol. The first kappa shape index (κ1) is 15.9. The molecule has 2 aliphatic heterocycles. The van der Waals surface area contributed by atoms with Gasteiger partial charge in [0.2, 0.25) is 5.91 Å². The Labute approximate surface area is 146 Å². The van der Waals surface area contributed by atoms with E-state index in [1.165, 1.54) is 12.5 Å². The maximum Gasteiger partial charge on any atom is 0.257 e. The van der Waals surface area contributed by atoms with Crippen LogP contribution in [0, 0.1) is 5.41 Å². The molecule has 0 bridgehead atoms. The van der Waals surface area contributed by atoms with E-state index >= 15 is 0 Å². The van der Waals surface area contributed by atoms with Crippen LogP contribution in [0.2, 0.25) is 0 Å². The van der Waals surface area contributed by atoms with Crippen LogP contribution in [0.4, 0.5) is 0 Å². The quantitative estimate of drug-likeness (QED) is 0.861. The smallest absolute Gasteiger partial charge is 0.257 e. The van der Waals surface area contributed by atoms with Crippen molar-refractivity contribution >= 4 is 11.8 Å². The third kappa shape index (κ3) is 2.92. The third-order valence-corrected chi connectivity index (χ3v) is 5.36. The average Bonchev–Trinajstić information content (AvgIpc) is 3.28. The van der Waals surface area contributed by atoms with Gasteiger partial charge in [0, 0.05) is 38.6 Å². The lowest BCUT2D eigenvalue weighted by atomic mass is 9.78. The molecule has 2 amide bonds. The monoisotopic (exact) mass is 339 g/mol. The molecule has 2 aromatic rings. The van der Waals surface area contributed by atoms with Crippen molar-refractivity contribution in [2.75, 3.05) is 19.6 Å². The predicted octanol–water partition coefficient (Wildman–Crippen LogP) is 2.33. The second-order valence-corrected chi connectivity index (χ2v) is 6.95. The van der Waals surface area contributed by atoms with E-state index < -0.39 is 5.41 Å². The zero-order valence-electron chi connectivity index (χ0n) is 14.1. The highest BCUT2D eigenvalue weighted by Crippen LogP contribution is 2.41. The van der Waals surface area contributed by atoms with E-state index in [1.54, 1.807) is 18.5 Å². The molecule has 4 rings (SSSR count). The maximum atomic E-state index is 13.1. The molecule has 0 aliphatic carbocycles. The molecule has 2 saturated heterocycles. The summed E-state index contributed by atoms with van der Waals surface area (Å²) in [7, 11) is 0. The normalized spacial score (nSPS) is 23.4. The molecule has 6 heteroatoms. The van der Waals surface area contributed by atoms with Crippen molar-refractivity contribution in [3.63, 3.8) is 0 Å². The summed E-state index contributed by atoms with van der Waals surface area (Å²) in [5, 5.41) is 0. The van der Waals surface area contributed by atoms with E-state index in [4.69, 9.17) is 4.42 Å². The Morgan fingerprint density at radius 1 is 1.20 bits per heavy atom. The van der Waals surface area contributed by atoms with Gasteiger partial charge >= 0.3 is 0 Å². The first-order chi connectivity index (χ1) is 12.2. The van der Waals surface area contributed by atoms with Gasteiger partial charge in [0.25, 0.3) is 5.91 Å². The molecule has 1 atom stereocenters. The summed E-state index contributed by atoms with van der Waals surface area (Å²) in [4.78, 5) is 33.5. The van der Waals surface area contributed by atoms with Crippen molar-refractivity contribution in [2.45, 2.75) is 25.8 Å². The molecule has 0 aromatic carbocycles. The minimum Gasteiger partial charge on any atom is -0.472 e. The zero-order chi connectivity index (χ0) is 17.3. The second-order valence-electron chi connectivity index (χ2n) is 6.95. The van der Waals surface area contributed by atoms with Gasteiger partial charge in [0.1, 0.15) is 6.26 Å². The molecule has 0 N–H and O–H groups in total. The zero-order valence-corrected chi connectivity index (χ0v) is 14.1. The van der Waals surface area contributed by atoms with Gasteiger partial charge in [-0.1, -0.05) is 0 Å². The molecule has 2 aromatic heterocycles. The number of amides is 2. The molecule has 6 nitrogen and oxygen atoms in total. The summed E-state index contributed by atoms with van der Waals surface area (Å²) in [5.41, 5.74) is 1.21. The molecule has 4 heterocycles. The van der Waals surface area contributed by atoms with E-state index in [9.17, 15) is 9.59 Å². The van der Waals surface area contributed by atoms with Crippen LogP contribution in [0.5, 0.6) is 0 Å². The number of aromatic nitrogens is 1. The van der Waals surface area contributed by atoms with E-state index in [-0.39, 0.29) is 11.8 Å². The van der Waals surface area contributed by atoms with Crippen LogP contribution >= 0.6 is 0 Å². The number of carbonyl (C=O) groups excluding carboxylic acids is 2. The highest BCUT2D eigenvalue weighted by molar-refractivity contribution is 5.95. The first-order valence-electron chi connectivity index (χ1n) is 8.68. The van der Waals surface area contributed by atoms with Crippen LogP contribution in [0.1, 0.15) is 35.2 Å². The van der Waals surface area contributed by atoms with Crippen molar-refractivity contribution in [1.82, 2.24) is 14.8 Å². The van der Waals surface area contributed by atoms with Crippen LogP contribution in [-0.4, -0.2) is 46.2 Å². The van der Waals surface area contributed by atoms with Crippen molar-refractivity contribution < 1.29 is 14.0 Å². The Morgan fingerprint density at radius 3 is 2.80 bits per heavy atom. The number of pyridine rings is 1. The average molecular weight is 339 g/mol. The van der Waals surface area contributed by atoms with E-state index in [0.29, 0.717) is 25.2 Å². The highest BCUT2D eigenvalue weighted by Gasteiger charge is 2.49. The fraction of sp³-hybridized carbons (Fsp3) is 0.421. The van der Waals surface area contributed by atoms with Crippen molar-refractivity contribution in [2.24, 2.45) is 5.41 Å². The molecule has 0 radical (unpaired) electrons. The SMILES string of the molecule is O=C(c1ccoc1)N1CCC[C@]2(CCN(Cc3ccncc3)C2=O)C1. The molecule has 130 valence electrons. The van der Waals surface area contributed by atoms with Gasteiger partial charge in [0.15, 0.2) is 0 Å². The van der Waals surface area contributed by atoms with Gasteiger partial charge < -0.3 is 14.2 Å². The number of carbonyl (C=O) groups is 2. The second kappa shape index (κ2) is 6.35. The molecular formula is C19H21N3O3. The van der Waals surface area contributed by atoms with Gasteiger partial charge in [-0.15, -0.1) is 0 Å². The van der Waals surface area contributed by atoms with E-state index in [1.807, 2.05) is 21.9 Å². The standard InChI is InChI=1S/C19H21N3O3/c23-17(16-4-11-25-13-16)22-9-1-5-19(14-22)6-10-21(18(19)24)12-15-2-7-20-8-3-15/h2-4,7-8,11,13H,1,5-6,9-10,12,14H2/t19-/m0/s1. The minimum absolute atomic E-state index is 0.0480. The summed E-state index contributed by atoms with van der Waals surface area (Å²) in [5.74, 6) is 0.127. The number of hydrogen-bond acceptors (Lipinski definition) is 4. The fourth-order valence-electron chi connectivity index (χ4n) is 4.00. The Morgan fingerprint density at radius 2 is 2.04 bits per heavy atom. The van der Waals surface area contributed by atoms with E-state index in [2.05, 4.69) is 4.98 Å². The summed E-state index contributed by atoms with van der Waals surface area (Å²) < 4.78 is 5.02. The largest absolute Gasteiger partial charge is 0.472 e. The summed E-state index contributed by atoms with van der Waals surface area (Å²) >= 11 is 0. The van der Waals surface area contributed by atoms with Crippen molar-refractivity contribution in [3.05, 3.63) is 54.2 Å². The van der Waals surface area contributed by atoms with Crippen molar-refractivity contribution in [1.29, 1.82) is 0 Å². The van der Waals surface area contributed by atoms with Gasteiger partial charge in [-0.3, -0.25) is 14.6 Å². The van der Waals surface area contributed by atoms with Gasteiger partial charge in [-0.2, -0.15) is 0 Å². The van der Waals surface area contributed by atoms with Crippen LogP contribution in [0.3, 0.4) is 0 Å². The third-order valence-electron chi connectivity index (χ3n) is 5.36. The molecule has 25 heavy (non-hydrogen) atoms. The molecular weight excluding hydrogens is 318 g/mol. The lowest BCUT2D eigenvalue weighted by Gasteiger charge is -2.39. The minimum atomic E-state index is -0.426. The molecule has 0 saturated carbocycles. The maximum absolute atomic E-state index is 13.1. The number of nitrogens with zero attached hydrogens (tertiary/aromatic N) is 3. The van der Waals surface area contributed by atoms with Crippen LogP contribution in [0.15, 0.2) is 47.5 Å². The lowest BCUT2D eigenvalue weighted by Crippen LogP contribution is -2.49.